The van der Waals surface area contributed by atoms with Crippen LogP contribution in [0.5, 0.6) is 0 Å². The van der Waals surface area contributed by atoms with E-state index in [1.165, 1.54) is 51.5 Å². The van der Waals surface area contributed by atoms with Crippen molar-refractivity contribution in [2.45, 2.75) is 70.4 Å². The Morgan fingerprint density at radius 2 is 2.00 bits per heavy atom. The van der Waals surface area contributed by atoms with Gasteiger partial charge < -0.3 is 5.73 Å². The zero-order valence-electron chi connectivity index (χ0n) is 11.0. The molecule has 0 radical (unpaired) electrons. The molecule has 0 bridgehead atoms. The van der Waals surface area contributed by atoms with Gasteiger partial charge >= 0.3 is 0 Å². The van der Waals surface area contributed by atoms with E-state index in [4.69, 9.17) is 18.0 Å². The molecule has 2 aliphatic rings. The Hall–Kier alpha value is -0.150. The van der Waals surface area contributed by atoms with Crippen molar-refractivity contribution < 1.29 is 0 Å². The smallest absolute Gasteiger partial charge is 0.0743 e. The molecule has 3 heteroatoms. The average molecular weight is 254 g/mol. The van der Waals surface area contributed by atoms with Gasteiger partial charge in [0.05, 0.1) is 4.99 Å². The third-order valence-electron chi connectivity index (χ3n) is 4.66. The monoisotopic (exact) mass is 254 g/mol. The van der Waals surface area contributed by atoms with Crippen LogP contribution in [0.25, 0.3) is 0 Å². The number of hydrogen-bond donors (Lipinski definition) is 1. The summed E-state index contributed by atoms with van der Waals surface area (Å²) >= 11 is 5.11. The van der Waals surface area contributed by atoms with Gasteiger partial charge in [-0.1, -0.05) is 32.0 Å². The van der Waals surface area contributed by atoms with Crippen molar-refractivity contribution in [3.05, 3.63) is 0 Å². The Bertz CT molecular complexity index is 265. The molecule has 2 nitrogen and oxygen atoms in total. The van der Waals surface area contributed by atoms with Crippen LogP contribution in [0, 0.1) is 5.92 Å². The summed E-state index contributed by atoms with van der Waals surface area (Å²) in [4.78, 5) is 3.43. The number of hydrogen-bond acceptors (Lipinski definition) is 2. The Morgan fingerprint density at radius 1 is 1.29 bits per heavy atom. The second-order valence-corrected chi connectivity index (χ2v) is 6.25. The third kappa shape index (κ3) is 3.19. The van der Waals surface area contributed by atoms with Crippen molar-refractivity contribution in [1.29, 1.82) is 0 Å². The number of fused-ring (bicyclic) bond motifs is 1. The maximum Gasteiger partial charge on any atom is 0.0743 e. The summed E-state index contributed by atoms with van der Waals surface area (Å²) < 4.78 is 0. The summed E-state index contributed by atoms with van der Waals surface area (Å²) in [6.07, 6.45) is 10.6. The Kier molecular flexibility index (Phi) is 4.80. The highest BCUT2D eigenvalue weighted by molar-refractivity contribution is 7.80. The summed E-state index contributed by atoms with van der Waals surface area (Å²) in [5.74, 6) is 0.956. The maximum absolute atomic E-state index is 5.75. The molecule has 2 rings (SSSR count). The van der Waals surface area contributed by atoms with Crippen molar-refractivity contribution in [2.24, 2.45) is 11.7 Å². The molecular weight excluding hydrogens is 228 g/mol. The van der Waals surface area contributed by atoms with E-state index < -0.39 is 0 Å². The lowest BCUT2D eigenvalue weighted by Crippen LogP contribution is -2.52. The van der Waals surface area contributed by atoms with Crippen LogP contribution in [-0.2, 0) is 0 Å². The lowest BCUT2D eigenvalue weighted by atomic mass is 9.77. The fraction of sp³-hybridized carbons (Fsp3) is 0.929. The SMILES string of the molecule is CCC(CC(N)=S)N1CCC[C@H]2CCCC[C@H]21. The highest BCUT2D eigenvalue weighted by atomic mass is 32.1. The van der Waals surface area contributed by atoms with Crippen LogP contribution in [0.1, 0.15) is 58.3 Å². The summed E-state index contributed by atoms with van der Waals surface area (Å²) in [5, 5.41) is 0. The maximum atomic E-state index is 5.75. The van der Waals surface area contributed by atoms with E-state index in [-0.39, 0.29) is 0 Å². The Labute approximate surface area is 111 Å². The minimum atomic E-state index is 0.596. The quantitative estimate of drug-likeness (QED) is 0.782. The molecule has 1 saturated heterocycles. The van der Waals surface area contributed by atoms with Crippen LogP contribution in [-0.4, -0.2) is 28.5 Å². The van der Waals surface area contributed by atoms with Crippen molar-refractivity contribution >= 4 is 17.2 Å². The van der Waals surface area contributed by atoms with E-state index >= 15 is 0 Å². The number of rotatable bonds is 4. The van der Waals surface area contributed by atoms with Crippen molar-refractivity contribution in [3.63, 3.8) is 0 Å². The van der Waals surface area contributed by atoms with Gasteiger partial charge in [0.1, 0.15) is 0 Å². The van der Waals surface area contributed by atoms with Gasteiger partial charge in [0.25, 0.3) is 0 Å². The molecule has 2 N–H and O–H groups in total. The van der Waals surface area contributed by atoms with E-state index in [1.54, 1.807) is 0 Å². The van der Waals surface area contributed by atoms with E-state index in [1.807, 2.05) is 0 Å². The van der Waals surface area contributed by atoms with Crippen LogP contribution in [0.15, 0.2) is 0 Å². The molecule has 1 aliphatic heterocycles. The van der Waals surface area contributed by atoms with Crippen molar-refractivity contribution in [1.82, 2.24) is 4.90 Å². The predicted octanol–water partition coefficient (Wildman–Crippen LogP) is 3.10. The minimum Gasteiger partial charge on any atom is -0.393 e. The van der Waals surface area contributed by atoms with Crippen LogP contribution < -0.4 is 5.73 Å². The van der Waals surface area contributed by atoms with Gasteiger partial charge in [-0.05, 0) is 44.6 Å². The van der Waals surface area contributed by atoms with Crippen LogP contribution in [0.4, 0.5) is 0 Å². The molecule has 1 heterocycles. The van der Waals surface area contributed by atoms with Gasteiger partial charge in [0, 0.05) is 18.5 Å². The minimum absolute atomic E-state index is 0.596. The van der Waals surface area contributed by atoms with Gasteiger partial charge in [0.2, 0.25) is 0 Å². The topological polar surface area (TPSA) is 29.3 Å². The number of thiocarbonyl (C=S) groups is 1. The number of nitrogens with zero attached hydrogens (tertiary/aromatic N) is 1. The average Bonchev–Trinajstić information content (AvgIpc) is 2.35. The van der Waals surface area contributed by atoms with E-state index in [0.29, 0.717) is 11.0 Å². The van der Waals surface area contributed by atoms with E-state index in [0.717, 1.165) is 18.4 Å². The zero-order valence-corrected chi connectivity index (χ0v) is 11.8. The predicted molar refractivity (Wildman–Crippen MR) is 77.2 cm³/mol. The van der Waals surface area contributed by atoms with Crippen molar-refractivity contribution in [2.75, 3.05) is 6.54 Å². The van der Waals surface area contributed by atoms with Gasteiger partial charge in [-0.15, -0.1) is 0 Å². The van der Waals surface area contributed by atoms with Crippen LogP contribution in [0.3, 0.4) is 0 Å². The fourth-order valence-corrected chi connectivity index (χ4v) is 4.04. The Morgan fingerprint density at radius 3 is 2.71 bits per heavy atom. The first-order valence-electron chi connectivity index (χ1n) is 7.26. The Balaban J connectivity index is 2.03. The molecule has 0 amide bonds. The second kappa shape index (κ2) is 6.14. The largest absolute Gasteiger partial charge is 0.393 e. The molecular formula is C14H26N2S. The standard InChI is InChI=1S/C14H26N2S/c1-2-12(10-14(15)17)16-9-5-7-11-6-3-4-8-13(11)16/h11-13H,2-10H2,1H3,(H2,15,17)/t11-,12?,13-/m1/s1. The third-order valence-corrected chi connectivity index (χ3v) is 4.83. The molecule has 17 heavy (non-hydrogen) atoms. The van der Waals surface area contributed by atoms with Gasteiger partial charge in [0.15, 0.2) is 0 Å². The van der Waals surface area contributed by atoms with E-state index in [9.17, 15) is 0 Å². The first-order valence-corrected chi connectivity index (χ1v) is 7.67. The molecule has 98 valence electrons. The molecule has 1 aliphatic carbocycles. The summed E-state index contributed by atoms with van der Waals surface area (Å²) in [7, 11) is 0. The molecule has 0 aromatic carbocycles. The number of nitrogens with two attached hydrogens (primary N) is 1. The molecule has 0 spiro atoms. The first-order chi connectivity index (χ1) is 8.22. The fourth-order valence-electron chi connectivity index (χ4n) is 3.84. The van der Waals surface area contributed by atoms with Crippen LogP contribution >= 0.6 is 12.2 Å². The highest BCUT2D eigenvalue weighted by Crippen LogP contribution is 2.37. The second-order valence-electron chi connectivity index (χ2n) is 5.72. The molecule has 2 fully saturated rings. The van der Waals surface area contributed by atoms with Gasteiger partial charge in [-0.2, -0.15) is 0 Å². The summed E-state index contributed by atoms with van der Waals surface area (Å²) in [5.41, 5.74) is 5.75. The first kappa shape index (κ1) is 13.3. The lowest BCUT2D eigenvalue weighted by Gasteiger charge is -2.47. The molecule has 1 unspecified atom stereocenters. The summed E-state index contributed by atoms with van der Waals surface area (Å²) in [6.45, 7) is 3.54. The van der Waals surface area contributed by atoms with Crippen molar-refractivity contribution in [3.8, 4) is 0 Å². The molecule has 3 atom stereocenters. The zero-order chi connectivity index (χ0) is 12.3. The lowest BCUT2D eigenvalue weighted by molar-refractivity contribution is 0.0266. The molecule has 0 aromatic heterocycles. The summed E-state index contributed by atoms with van der Waals surface area (Å²) in [6, 6.07) is 1.43. The molecule has 0 aromatic rings. The van der Waals surface area contributed by atoms with E-state index in [2.05, 4.69) is 11.8 Å². The number of piperidine rings is 1. The number of likely N-dealkylation sites (tertiary alicyclic amines) is 1. The van der Waals surface area contributed by atoms with Gasteiger partial charge in [-0.3, -0.25) is 4.90 Å². The normalized spacial score (nSPS) is 31.8. The highest BCUT2D eigenvalue weighted by Gasteiger charge is 2.35. The molecule has 1 saturated carbocycles. The van der Waals surface area contributed by atoms with Crippen LogP contribution in [0.2, 0.25) is 0 Å². The van der Waals surface area contributed by atoms with Gasteiger partial charge in [-0.25, -0.2) is 0 Å².